The summed E-state index contributed by atoms with van der Waals surface area (Å²) in [6.07, 6.45) is 0. The molecule has 1 atom stereocenters. The van der Waals surface area contributed by atoms with Crippen LogP contribution in [0.1, 0.15) is 6.92 Å². The van der Waals surface area contributed by atoms with E-state index >= 15 is 0 Å². The first-order valence-corrected chi connectivity index (χ1v) is 4.82. The van der Waals surface area contributed by atoms with Crippen molar-refractivity contribution in [2.24, 2.45) is 11.7 Å². The molecule has 1 aromatic carbocycles. The highest BCUT2D eigenvalue weighted by Crippen LogP contribution is 2.17. The minimum Gasteiger partial charge on any atom is -0.497 e. The van der Waals surface area contributed by atoms with Crippen LogP contribution in [-0.2, 0) is 4.79 Å². The molecule has 0 aromatic heterocycles. The number of benzene rings is 1. The van der Waals surface area contributed by atoms with Gasteiger partial charge in [0.25, 0.3) is 0 Å². The maximum Gasteiger partial charge on any atom is 0.228 e. The average Bonchev–Trinajstić information content (AvgIpc) is 2.28. The molecule has 0 radical (unpaired) electrons. The fourth-order valence-electron chi connectivity index (χ4n) is 1.07. The molecular weight excluding hydrogens is 228 g/mol. The number of halogens is 1. The number of nitrogens with one attached hydrogen (secondary N) is 1. The van der Waals surface area contributed by atoms with Crippen LogP contribution in [0.2, 0.25) is 0 Å². The summed E-state index contributed by atoms with van der Waals surface area (Å²) in [4.78, 5) is 11.5. The summed E-state index contributed by atoms with van der Waals surface area (Å²) >= 11 is 0. The van der Waals surface area contributed by atoms with Crippen molar-refractivity contribution < 1.29 is 9.53 Å². The second-order valence-corrected chi connectivity index (χ2v) is 3.36. The van der Waals surface area contributed by atoms with Crippen LogP contribution in [0.3, 0.4) is 0 Å². The minimum atomic E-state index is -0.184. The molecule has 3 N–H and O–H groups in total. The maximum absolute atomic E-state index is 11.5. The fourth-order valence-corrected chi connectivity index (χ4v) is 1.07. The second kappa shape index (κ2) is 7.09. The Kier molecular flexibility index (Phi) is 6.53. The largest absolute Gasteiger partial charge is 0.497 e. The second-order valence-electron chi connectivity index (χ2n) is 3.36. The Morgan fingerprint density at radius 2 is 2.25 bits per heavy atom. The number of nitrogens with two attached hydrogens (primary N) is 1. The highest BCUT2D eigenvalue weighted by atomic mass is 35.5. The molecule has 0 saturated heterocycles. The molecule has 0 spiro atoms. The SMILES string of the molecule is COc1cccc(NC(=O)C(C)CN)c1.Cl. The lowest BCUT2D eigenvalue weighted by Gasteiger charge is -2.10. The number of amides is 1. The van der Waals surface area contributed by atoms with Gasteiger partial charge in [-0.3, -0.25) is 4.79 Å². The quantitative estimate of drug-likeness (QED) is 0.847. The van der Waals surface area contributed by atoms with Crippen molar-refractivity contribution in [2.75, 3.05) is 19.0 Å². The maximum atomic E-state index is 11.5. The van der Waals surface area contributed by atoms with Crippen LogP contribution in [0.25, 0.3) is 0 Å². The van der Waals surface area contributed by atoms with Crippen molar-refractivity contribution in [2.45, 2.75) is 6.92 Å². The molecule has 1 rings (SSSR count). The van der Waals surface area contributed by atoms with Gasteiger partial charge in [-0.25, -0.2) is 0 Å². The zero-order valence-electron chi connectivity index (χ0n) is 9.40. The first-order chi connectivity index (χ1) is 7.17. The standard InChI is InChI=1S/C11H16N2O2.ClH/c1-8(7-12)11(14)13-9-4-3-5-10(6-9)15-2;/h3-6,8H,7,12H2,1-2H3,(H,13,14);1H. The van der Waals surface area contributed by atoms with E-state index in [0.29, 0.717) is 12.3 Å². The predicted molar refractivity (Wildman–Crippen MR) is 67.1 cm³/mol. The summed E-state index contributed by atoms with van der Waals surface area (Å²) in [5, 5.41) is 2.77. The highest BCUT2D eigenvalue weighted by molar-refractivity contribution is 5.92. The van der Waals surface area contributed by atoms with Crippen molar-refractivity contribution >= 4 is 24.0 Å². The van der Waals surface area contributed by atoms with Gasteiger partial charge in [0.1, 0.15) is 5.75 Å². The van der Waals surface area contributed by atoms with Crippen LogP contribution in [0.4, 0.5) is 5.69 Å². The third-order valence-electron chi connectivity index (χ3n) is 2.14. The minimum absolute atomic E-state index is 0. The third-order valence-corrected chi connectivity index (χ3v) is 2.14. The zero-order chi connectivity index (χ0) is 11.3. The van der Waals surface area contributed by atoms with E-state index < -0.39 is 0 Å². The Labute approximate surface area is 102 Å². The Hall–Kier alpha value is -1.26. The number of carbonyl (C=O) groups is 1. The van der Waals surface area contributed by atoms with Gasteiger partial charge in [0, 0.05) is 24.2 Å². The summed E-state index contributed by atoms with van der Waals surface area (Å²) < 4.78 is 5.05. The summed E-state index contributed by atoms with van der Waals surface area (Å²) in [6.45, 7) is 2.13. The number of rotatable bonds is 4. The van der Waals surface area contributed by atoms with E-state index in [1.807, 2.05) is 18.2 Å². The number of hydrogen-bond acceptors (Lipinski definition) is 3. The molecule has 5 heteroatoms. The lowest BCUT2D eigenvalue weighted by molar-refractivity contribution is -0.119. The molecule has 90 valence electrons. The summed E-state index contributed by atoms with van der Waals surface area (Å²) in [6, 6.07) is 7.22. The van der Waals surface area contributed by atoms with E-state index in [1.54, 1.807) is 20.1 Å². The van der Waals surface area contributed by atoms with E-state index in [-0.39, 0.29) is 24.2 Å². The molecule has 0 fully saturated rings. The topological polar surface area (TPSA) is 64.3 Å². The molecule has 16 heavy (non-hydrogen) atoms. The van der Waals surface area contributed by atoms with E-state index in [1.165, 1.54) is 0 Å². The number of hydrogen-bond donors (Lipinski definition) is 2. The van der Waals surface area contributed by atoms with Gasteiger partial charge in [-0.1, -0.05) is 13.0 Å². The number of ether oxygens (including phenoxy) is 1. The summed E-state index contributed by atoms with van der Waals surface area (Å²) in [5.41, 5.74) is 6.12. The van der Waals surface area contributed by atoms with Gasteiger partial charge in [-0.15, -0.1) is 12.4 Å². The van der Waals surface area contributed by atoms with Gasteiger partial charge in [0.2, 0.25) is 5.91 Å². The van der Waals surface area contributed by atoms with Crippen LogP contribution in [0.15, 0.2) is 24.3 Å². The first-order valence-electron chi connectivity index (χ1n) is 4.82. The van der Waals surface area contributed by atoms with Crippen LogP contribution in [0, 0.1) is 5.92 Å². The van der Waals surface area contributed by atoms with Gasteiger partial charge >= 0.3 is 0 Å². The summed E-state index contributed by atoms with van der Waals surface area (Å²) in [7, 11) is 1.59. The molecule has 1 aromatic rings. The van der Waals surface area contributed by atoms with Crippen LogP contribution in [-0.4, -0.2) is 19.6 Å². The van der Waals surface area contributed by atoms with Gasteiger partial charge in [-0.05, 0) is 12.1 Å². The van der Waals surface area contributed by atoms with Gasteiger partial charge in [0.15, 0.2) is 0 Å². The molecule has 1 unspecified atom stereocenters. The number of methoxy groups -OCH3 is 1. The van der Waals surface area contributed by atoms with Crippen molar-refractivity contribution in [1.29, 1.82) is 0 Å². The molecule has 0 bridgehead atoms. The Morgan fingerprint density at radius 1 is 1.56 bits per heavy atom. The van der Waals surface area contributed by atoms with Crippen LogP contribution in [0.5, 0.6) is 5.75 Å². The van der Waals surface area contributed by atoms with Gasteiger partial charge in [0.05, 0.1) is 7.11 Å². The van der Waals surface area contributed by atoms with Crippen molar-refractivity contribution in [3.05, 3.63) is 24.3 Å². The Morgan fingerprint density at radius 3 is 2.81 bits per heavy atom. The van der Waals surface area contributed by atoms with E-state index in [2.05, 4.69) is 5.32 Å². The molecule has 0 heterocycles. The molecule has 0 aliphatic heterocycles. The van der Waals surface area contributed by atoms with E-state index in [4.69, 9.17) is 10.5 Å². The molecule has 4 nitrogen and oxygen atoms in total. The molecule has 0 saturated carbocycles. The average molecular weight is 245 g/mol. The van der Waals surface area contributed by atoms with Crippen molar-refractivity contribution in [1.82, 2.24) is 0 Å². The van der Waals surface area contributed by atoms with E-state index in [9.17, 15) is 4.79 Å². The van der Waals surface area contributed by atoms with Crippen LogP contribution < -0.4 is 15.8 Å². The number of carbonyl (C=O) groups excluding carboxylic acids is 1. The lowest BCUT2D eigenvalue weighted by Crippen LogP contribution is -2.26. The fraction of sp³-hybridized carbons (Fsp3) is 0.364. The predicted octanol–water partition coefficient (Wildman–Crippen LogP) is 1.65. The molecule has 0 aliphatic rings. The van der Waals surface area contributed by atoms with Crippen molar-refractivity contribution in [3.8, 4) is 5.75 Å². The molecular formula is C11H17ClN2O2. The Bertz CT molecular complexity index is 345. The zero-order valence-corrected chi connectivity index (χ0v) is 10.2. The number of anilines is 1. The first kappa shape index (κ1) is 14.7. The Balaban J connectivity index is 0.00000225. The molecule has 0 aliphatic carbocycles. The van der Waals surface area contributed by atoms with Crippen LogP contribution >= 0.6 is 12.4 Å². The van der Waals surface area contributed by atoms with Gasteiger partial charge < -0.3 is 15.8 Å². The van der Waals surface area contributed by atoms with Gasteiger partial charge in [-0.2, -0.15) is 0 Å². The van der Waals surface area contributed by atoms with Crippen molar-refractivity contribution in [3.63, 3.8) is 0 Å². The molecule has 1 amide bonds. The normalized spacial score (nSPS) is 11.2. The summed E-state index contributed by atoms with van der Waals surface area (Å²) in [5.74, 6) is 0.454. The third kappa shape index (κ3) is 4.08. The smallest absolute Gasteiger partial charge is 0.228 e. The highest BCUT2D eigenvalue weighted by Gasteiger charge is 2.10. The van der Waals surface area contributed by atoms with E-state index in [0.717, 1.165) is 5.69 Å². The monoisotopic (exact) mass is 244 g/mol. The lowest BCUT2D eigenvalue weighted by atomic mass is 10.1.